The molecule has 16 heavy (non-hydrogen) atoms. The summed E-state index contributed by atoms with van der Waals surface area (Å²) < 4.78 is 10.5. The lowest BCUT2D eigenvalue weighted by molar-refractivity contribution is -0.148. The van der Waals surface area contributed by atoms with Crippen molar-refractivity contribution in [3.05, 3.63) is 0 Å². The molecule has 0 radical (unpaired) electrons. The van der Waals surface area contributed by atoms with Crippen molar-refractivity contribution in [2.45, 2.75) is 39.2 Å². The molecule has 1 aliphatic heterocycles. The lowest BCUT2D eigenvalue weighted by Crippen LogP contribution is -2.41. The minimum atomic E-state index is -0.132. The molecule has 1 N–H and O–H groups in total. The lowest BCUT2D eigenvalue weighted by Gasteiger charge is -2.21. The molecule has 1 atom stereocenters. The Kier molecular flexibility index (Phi) is 6.42. The first-order valence-corrected chi connectivity index (χ1v) is 6.18. The van der Waals surface area contributed by atoms with E-state index in [0.29, 0.717) is 19.1 Å². The Morgan fingerprint density at radius 1 is 1.38 bits per heavy atom. The fraction of sp³-hybridized carbons (Fsp3) is 0.917. The summed E-state index contributed by atoms with van der Waals surface area (Å²) in [7, 11) is 0. The van der Waals surface area contributed by atoms with Gasteiger partial charge in [-0.05, 0) is 25.3 Å². The van der Waals surface area contributed by atoms with Crippen LogP contribution in [0.3, 0.4) is 0 Å². The van der Waals surface area contributed by atoms with Gasteiger partial charge in [0.15, 0.2) is 0 Å². The highest BCUT2D eigenvalue weighted by molar-refractivity contribution is 5.75. The summed E-state index contributed by atoms with van der Waals surface area (Å²) in [5.41, 5.74) is 0. The minimum Gasteiger partial charge on any atom is -0.462 e. The molecule has 0 saturated carbocycles. The Bertz CT molecular complexity index is 200. The number of hydrogen-bond acceptors (Lipinski definition) is 4. The van der Waals surface area contributed by atoms with Crippen molar-refractivity contribution in [1.29, 1.82) is 0 Å². The Balaban J connectivity index is 2.01. The van der Waals surface area contributed by atoms with Crippen molar-refractivity contribution >= 4 is 5.97 Å². The first-order valence-electron chi connectivity index (χ1n) is 6.18. The molecule has 4 heteroatoms. The molecule has 1 aliphatic rings. The quantitative estimate of drug-likeness (QED) is 0.551. The molecule has 1 fully saturated rings. The molecule has 0 aliphatic carbocycles. The zero-order valence-electron chi connectivity index (χ0n) is 10.3. The molecule has 1 unspecified atom stereocenters. The molecule has 1 rings (SSSR count). The van der Waals surface area contributed by atoms with E-state index >= 15 is 0 Å². The van der Waals surface area contributed by atoms with Gasteiger partial charge in [-0.15, -0.1) is 0 Å². The second-order valence-electron chi connectivity index (χ2n) is 4.64. The average Bonchev–Trinajstić information content (AvgIpc) is 2.29. The molecule has 0 aromatic rings. The van der Waals surface area contributed by atoms with Gasteiger partial charge in [0.05, 0.1) is 6.61 Å². The highest BCUT2D eigenvalue weighted by Gasteiger charge is 2.21. The van der Waals surface area contributed by atoms with Crippen LogP contribution in [0.2, 0.25) is 0 Å². The summed E-state index contributed by atoms with van der Waals surface area (Å²) >= 11 is 0. The molecule has 0 amide bonds. The van der Waals surface area contributed by atoms with Gasteiger partial charge in [0.25, 0.3) is 0 Å². The molecule has 0 aromatic heterocycles. The number of nitrogens with one attached hydrogen (secondary N) is 1. The molecule has 0 bridgehead atoms. The van der Waals surface area contributed by atoms with Crippen LogP contribution in [0.5, 0.6) is 0 Å². The third-order valence-corrected chi connectivity index (χ3v) is 2.52. The molecule has 94 valence electrons. The third-order valence-electron chi connectivity index (χ3n) is 2.52. The van der Waals surface area contributed by atoms with E-state index in [-0.39, 0.29) is 12.0 Å². The Labute approximate surface area is 97.7 Å². The zero-order valence-corrected chi connectivity index (χ0v) is 10.3. The van der Waals surface area contributed by atoms with Gasteiger partial charge in [-0.25, -0.2) is 0 Å². The first kappa shape index (κ1) is 13.5. The van der Waals surface area contributed by atoms with Crippen LogP contribution in [0, 0.1) is 5.92 Å². The third kappa shape index (κ3) is 5.47. The Morgan fingerprint density at radius 3 is 2.81 bits per heavy atom. The monoisotopic (exact) mass is 229 g/mol. The predicted molar refractivity (Wildman–Crippen MR) is 62.3 cm³/mol. The summed E-state index contributed by atoms with van der Waals surface area (Å²) in [6.07, 6.45) is 3.16. The van der Waals surface area contributed by atoms with Gasteiger partial charge in [-0.2, -0.15) is 0 Å². The van der Waals surface area contributed by atoms with Crippen molar-refractivity contribution in [3.63, 3.8) is 0 Å². The van der Waals surface area contributed by atoms with E-state index in [9.17, 15) is 4.79 Å². The maximum absolute atomic E-state index is 11.6. The highest BCUT2D eigenvalue weighted by Crippen LogP contribution is 2.08. The van der Waals surface area contributed by atoms with Gasteiger partial charge >= 0.3 is 5.97 Å². The summed E-state index contributed by atoms with van der Waals surface area (Å²) in [4.78, 5) is 11.6. The van der Waals surface area contributed by atoms with E-state index in [0.717, 1.165) is 32.4 Å². The van der Waals surface area contributed by atoms with Crippen LogP contribution in [-0.4, -0.2) is 38.4 Å². The fourth-order valence-electron chi connectivity index (χ4n) is 1.67. The number of rotatable bonds is 6. The van der Waals surface area contributed by atoms with E-state index < -0.39 is 0 Å². The largest absolute Gasteiger partial charge is 0.462 e. The number of hydrogen-bond donors (Lipinski definition) is 1. The van der Waals surface area contributed by atoms with Gasteiger partial charge in [0.2, 0.25) is 0 Å². The summed E-state index contributed by atoms with van der Waals surface area (Å²) in [6.45, 7) is 6.69. The minimum absolute atomic E-state index is 0.0983. The van der Waals surface area contributed by atoms with Crippen LogP contribution < -0.4 is 5.32 Å². The first-order chi connectivity index (χ1) is 7.70. The van der Waals surface area contributed by atoms with E-state index in [1.165, 1.54) is 0 Å². The second kappa shape index (κ2) is 7.63. The maximum Gasteiger partial charge on any atom is 0.323 e. The number of esters is 1. The van der Waals surface area contributed by atoms with Crippen molar-refractivity contribution in [3.8, 4) is 0 Å². The number of carbonyl (C=O) groups excluding carboxylic acids is 1. The summed E-state index contributed by atoms with van der Waals surface area (Å²) in [6, 6.07) is -0.0983. The van der Waals surface area contributed by atoms with Crippen LogP contribution in [0.1, 0.15) is 33.1 Å². The van der Waals surface area contributed by atoms with Gasteiger partial charge in [0.1, 0.15) is 12.6 Å². The average molecular weight is 229 g/mol. The Hall–Kier alpha value is -0.610. The lowest BCUT2D eigenvalue weighted by atomic mass is 10.1. The molecular weight excluding hydrogens is 206 g/mol. The molecule has 1 heterocycles. The van der Waals surface area contributed by atoms with E-state index in [2.05, 4.69) is 19.2 Å². The zero-order chi connectivity index (χ0) is 11.8. The molecular formula is C12H23NO3. The SMILES string of the molecule is CC(C)COCCOC(=O)C1CCCCN1. The Morgan fingerprint density at radius 2 is 2.19 bits per heavy atom. The van der Waals surface area contributed by atoms with Gasteiger partial charge < -0.3 is 14.8 Å². The van der Waals surface area contributed by atoms with Crippen molar-refractivity contribution in [1.82, 2.24) is 5.32 Å². The van der Waals surface area contributed by atoms with Crippen LogP contribution >= 0.6 is 0 Å². The van der Waals surface area contributed by atoms with E-state index in [1.807, 2.05) is 0 Å². The number of carbonyl (C=O) groups is 1. The fourth-order valence-corrected chi connectivity index (χ4v) is 1.67. The van der Waals surface area contributed by atoms with Gasteiger partial charge in [0, 0.05) is 6.61 Å². The van der Waals surface area contributed by atoms with Crippen molar-refractivity contribution < 1.29 is 14.3 Å². The number of piperidine rings is 1. The summed E-state index contributed by atoms with van der Waals surface area (Å²) in [5.74, 6) is 0.392. The van der Waals surface area contributed by atoms with Crippen LogP contribution in [0.15, 0.2) is 0 Å². The normalized spacial score (nSPS) is 21.1. The highest BCUT2D eigenvalue weighted by atomic mass is 16.6. The summed E-state index contributed by atoms with van der Waals surface area (Å²) in [5, 5.41) is 3.16. The molecule has 1 saturated heterocycles. The smallest absolute Gasteiger partial charge is 0.323 e. The van der Waals surface area contributed by atoms with Crippen molar-refractivity contribution in [2.24, 2.45) is 5.92 Å². The van der Waals surface area contributed by atoms with Gasteiger partial charge in [-0.1, -0.05) is 20.3 Å². The van der Waals surface area contributed by atoms with Crippen LogP contribution in [0.4, 0.5) is 0 Å². The molecule has 0 spiro atoms. The standard InChI is InChI=1S/C12H23NO3/c1-10(2)9-15-7-8-16-12(14)11-5-3-4-6-13-11/h10-11,13H,3-9H2,1-2H3. The van der Waals surface area contributed by atoms with E-state index in [1.54, 1.807) is 0 Å². The molecule has 4 nitrogen and oxygen atoms in total. The van der Waals surface area contributed by atoms with E-state index in [4.69, 9.17) is 9.47 Å². The van der Waals surface area contributed by atoms with Gasteiger partial charge in [-0.3, -0.25) is 4.79 Å². The van der Waals surface area contributed by atoms with Crippen LogP contribution in [-0.2, 0) is 14.3 Å². The second-order valence-corrected chi connectivity index (χ2v) is 4.64. The topological polar surface area (TPSA) is 47.6 Å². The molecule has 0 aromatic carbocycles. The van der Waals surface area contributed by atoms with Crippen molar-refractivity contribution in [2.75, 3.05) is 26.4 Å². The van der Waals surface area contributed by atoms with Crippen LogP contribution in [0.25, 0.3) is 0 Å². The number of ether oxygens (including phenoxy) is 2. The predicted octanol–water partition coefficient (Wildman–Crippen LogP) is 1.34. The maximum atomic E-state index is 11.6.